The second kappa shape index (κ2) is 3.65. The van der Waals surface area contributed by atoms with Gasteiger partial charge in [0.05, 0.1) is 12.4 Å². The van der Waals surface area contributed by atoms with Gasteiger partial charge >= 0.3 is 0 Å². The van der Waals surface area contributed by atoms with Crippen LogP contribution in [0, 0.1) is 0 Å². The first-order valence-electron chi connectivity index (χ1n) is 3.38. The molecular formula is C7H9N3O. The van der Waals surface area contributed by atoms with Crippen LogP contribution in [0.4, 0.5) is 5.82 Å². The first-order chi connectivity index (χ1) is 5.36. The van der Waals surface area contributed by atoms with Crippen LogP contribution in [-0.2, 0) is 0 Å². The van der Waals surface area contributed by atoms with E-state index >= 15 is 0 Å². The van der Waals surface area contributed by atoms with Crippen molar-refractivity contribution in [1.82, 2.24) is 9.97 Å². The molecule has 0 aliphatic rings. The molecule has 0 fully saturated rings. The number of carbonyl (C=O) groups is 1. The largest absolute Gasteiger partial charge is 0.369 e. The molecule has 0 saturated carbocycles. The van der Waals surface area contributed by atoms with Gasteiger partial charge in [-0.15, -0.1) is 0 Å². The molecule has 58 valence electrons. The van der Waals surface area contributed by atoms with Crippen LogP contribution in [0.2, 0.25) is 0 Å². The van der Waals surface area contributed by atoms with E-state index in [2.05, 4.69) is 15.3 Å². The van der Waals surface area contributed by atoms with Gasteiger partial charge in [0.25, 0.3) is 0 Å². The average molecular weight is 151 g/mol. The van der Waals surface area contributed by atoms with Crippen LogP contribution in [0.3, 0.4) is 0 Å². The molecule has 11 heavy (non-hydrogen) atoms. The van der Waals surface area contributed by atoms with Crippen molar-refractivity contribution >= 4 is 12.1 Å². The van der Waals surface area contributed by atoms with Crippen LogP contribution in [0.5, 0.6) is 0 Å². The van der Waals surface area contributed by atoms with Crippen LogP contribution in [0.15, 0.2) is 12.4 Å². The standard InChI is InChI=1S/C7H9N3O/c1-2-9-7-4-8-3-6(5-11)10-7/h3-5H,2H2,1H3,(H,9,10). The Morgan fingerprint density at radius 3 is 3.09 bits per heavy atom. The second-order valence-electron chi connectivity index (χ2n) is 1.98. The zero-order valence-corrected chi connectivity index (χ0v) is 6.24. The Hall–Kier alpha value is -1.45. The predicted octanol–water partition coefficient (Wildman–Crippen LogP) is 0.721. The number of aldehydes is 1. The number of nitrogens with one attached hydrogen (secondary N) is 1. The molecule has 1 aromatic heterocycles. The summed E-state index contributed by atoms with van der Waals surface area (Å²) in [6.07, 6.45) is 3.68. The molecule has 0 bridgehead atoms. The lowest BCUT2D eigenvalue weighted by atomic mass is 10.5. The summed E-state index contributed by atoms with van der Waals surface area (Å²) in [4.78, 5) is 18.0. The van der Waals surface area contributed by atoms with Gasteiger partial charge in [-0.25, -0.2) is 4.98 Å². The summed E-state index contributed by atoms with van der Waals surface area (Å²) in [5.41, 5.74) is 0.350. The van der Waals surface area contributed by atoms with E-state index in [-0.39, 0.29) is 0 Å². The van der Waals surface area contributed by atoms with Gasteiger partial charge in [0.15, 0.2) is 6.29 Å². The monoisotopic (exact) mass is 151 g/mol. The quantitative estimate of drug-likeness (QED) is 0.647. The van der Waals surface area contributed by atoms with E-state index in [4.69, 9.17) is 0 Å². The molecule has 0 aliphatic heterocycles. The number of carbonyl (C=O) groups excluding carboxylic acids is 1. The van der Waals surface area contributed by atoms with Gasteiger partial charge < -0.3 is 5.32 Å². The van der Waals surface area contributed by atoms with Crippen molar-refractivity contribution in [2.45, 2.75) is 6.92 Å². The number of hydrogen-bond acceptors (Lipinski definition) is 4. The summed E-state index contributed by atoms with van der Waals surface area (Å²) >= 11 is 0. The molecule has 0 radical (unpaired) electrons. The summed E-state index contributed by atoms with van der Waals surface area (Å²) in [6, 6.07) is 0. The highest BCUT2D eigenvalue weighted by molar-refractivity contribution is 5.71. The summed E-state index contributed by atoms with van der Waals surface area (Å²) < 4.78 is 0. The first kappa shape index (κ1) is 7.65. The van der Waals surface area contributed by atoms with Crippen molar-refractivity contribution in [2.75, 3.05) is 11.9 Å². The molecule has 1 rings (SSSR count). The van der Waals surface area contributed by atoms with E-state index in [1.54, 1.807) is 6.20 Å². The third kappa shape index (κ3) is 2.00. The van der Waals surface area contributed by atoms with E-state index in [1.807, 2.05) is 6.92 Å². The summed E-state index contributed by atoms with van der Waals surface area (Å²) in [6.45, 7) is 2.73. The maximum absolute atomic E-state index is 10.2. The van der Waals surface area contributed by atoms with Gasteiger partial charge in [0.1, 0.15) is 11.5 Å². The van der Waals surface area contributed by atoms with Crippen molar-refractivity contribution in [3.05, 3.63) is 18.1 Å². The van der Waals surface area contributed by atoms with Gasteiger partial charge in [-0.1, -0.05) is 0 Å². The Bertz CT molecular complexity index is 249. The molecule has 1 N–H and O–H groups in total. The van der Waals surface area contributed by atoms with Gasteiger partial charge in [-0.05, 0) is 6.92 Å². The second-order valence-corrected chi connectivity index (χ2v) is 1.98. The third-order valence-electron chi connectivity index (χ3n) is 1.13. The highest BCUT2D eigenvalue weighted by Gasteiger charge is 1.93. The highest BCUT2D eigenvalue weighted by atomic mass is 16.1. The SMILES string of the molecule is CCNc1cncc(C=O)n1. The van der Waals surface area contributed by atoms with Crippen molar-refractivity contribution in [3.63, 3.8) is 0 Å². The van der Waals surface area contributed by atoms with Crippen molar-refractivity contribution in [2.24, 2.45) is 0 Å². The van der Waals surface area contributed by atoms with Gasteiger partial charge in [0.2, 0.25) is 0 Å². The zero-order chi connectivity index (χ0) is 8.10. The van der Waals surface area contributed by atoms with E-state index in [0.29, 0.717) is 17.8 Å². The fourth-order valence-corrected chi connectivity index (χ4v) is 0.704. The Morgan fingerprint density at radius 2 is 2.45 bits per heavy atom. The average Bonchev–Trinajstić information content (AvgIpc) is 2.06. The molecule has 1 aromatic rings. The van der Waals surface area contributed by atoms with E-state index in [0.717, 1.165) is 6.54 Å². The van der Waals surface area contributed by atoms with Crippen molar-refractivity contribution < 1.29 is 4.79 Å². The minimum atomic E-state index is 0.350. The van der Waals surface area contributed by atoms with Gasteiger partial charge in [-0.3, -0.25) is 9.78 Å². The van der Waals surface area contributed by atoms with Crippen LogP contribution in [0.25, 0.3) is 0 Å². The predicted molar refractivity (Wildman–Crippen MR) is 41.6 cm³/mol. The maximum Gasteiger partial charge on any atom is 0.170 e. The molecule has 0 unspecified atom stereocenters. The van der Waals surface area contributed by atoms with Crippen LogP contribution in [0.1, 0.15) is 17.4 Å². The first-order valence-corrected chi connectivity index (χ1v) is 3.38. The molecule has 0 aliphatic carbocycles. The van der Waals surface area contributed by atoms with Crippen molar-refractivity contribution in [1.29, 1.82) is 0 Å². The number of aromatic nitrogens is 2. The van der Waals surface area contributed by atoms with E-state index < -0.39 is 0 Å². The molecule has 0 spiro atoms. The van der Waals surface area contributed by atoms with Gasteiger partial charge in [-0.2, -0.15) is 0 Å². The normalized spacial score (nSPS) is 9.18. The number of anilines is 1. The summed E-state index contributed by atoms with van der Waals surface area (Å²) in [5, 5.41) is 2.95. The number of nitrogens with zero attached hydrogens (tertiary/aromatic N) is 2. The Morgan fingerprint density at radius 1 is 1.64 bits per heavy atom. The molecule has 1 heterocycles. The lowest BCUT2D eigenvalue weighted by Crippen LogP contribution is -2.01. The van der Waals surface area contributed by atoms with Gasteiger partial charge in [0, 0.05) is 6.54 Å². The van der Waals surface area contributed by atoms with Crippen LogP contribution in [-0.4, -0.2) is 22.8 Å². The zero-order valence-electron chi connectivity index (χ0n) is 6.24. The number of hydrogen-bond donors (Lipinski definition) is 1. The highest BCUT2D eigenvalue weighted by Crippen LogP contribution is 1.98. The Kier molecular flexibility index (Phi) is 2.54. The topological polar surface area (TPSA) is 54.9 Å². The van der Waals surface area contributed by atoms with Crippen LogP contribution < -0.4 is 5.32 Å². The fourth-order valence-electron chi connectivity index (χ4n) is 0.704. The fraction of sp³-hybridized carbons (Fsp3) is 0.286. The van der Waals surface area contributed by atoms with Crippen molar-refractivity contribution in [3.8, 4) is 0 Å². The van der Waals surface area contributed by atoms with E-state index in [1.165, 1.54) is 6.20 Å². The minimum absolute atomic E-state index is 0.350. The summed E-state index contributed by atoms with van der Waals surface area (Å²) in [5.74, 6) is 0.636. The smallest absolute Gasteiger partial charge is 0.170 e. The third-order valence-corrected chi connectivity index (χ3v) is 1.13. The minimum Gasteiger partial charge on any atom is -0.369 e. The lowest BCUT2D eigenvalue weighted by molar-refractivity contribution is 0.111. The van der Waals surface area contributed by atoms with Crippen LogP contribution >= 0.6 is 0 Å². The Labute approximate surface area is 64.7 Å². The maximum atomic E-state index is 10.2. The molecule has 0 atom stereocenters. The Balaban J connectivity index is 2.82. The molecule has 0 amide bonds. The number of rotatable bonds is 3. The molecule has 0 aromatic carbocycles. The lowest BCUT2D eigenvalue weighted by Gasteiger charge is -1.99. The van der Waals surface area contributed by atoms with E-state index in [9.17, 15) is 4.79 Å². The molecule has 4 heteroatoms. The summed E-state index contributed by atoms with van der Waals surface area (Å²) in [7, 11) is 0. The molecule has 0 saturated heterocycles. The molecule has 4 nitrogen and oxygen atoms in total. The molecular weight excluding hydrogens is 142 g/mol.